The Kier molecular flexibility index (Phi) is 4.44. The smallest absolute Gasteiger partial charge is 0.251 e. The summed E-state index contributed by atoms with van der Waals surface area (Å²) in [6.07, 6.45) is 3.88. The van der Waals surface area contributed by atoms with Gasteiger partial charge in [0.05, 0.1) is 0 Å². The minimum Gasteiger partial charge on any atom is -0.369 e. The summed E-state index contributed by atoms with van der Waals surface area (Å²) in [4.78, 5) is 16.8. The molecule has 2 fully saturated rings. The van der Waals surface area contributed by atoms with E-state index in [4.69, 9.17) is 4.74 Å². The van der Waals surface area contributed by atoms with Gasteiger partial charge in [-0.05, 0) is 37.8 Å². The summed E-state index contributed by atoms with van der Waals surface area (Å²) in [6, 6.07) is 10.8. The van der Waals surface area contributed by atoms with Crippen molar-refractivity contribution < 1.29 is 9.53 Å². The number of ether oxygens (including phenoxy) is 1. The lowest BCUT2D eigenvalue weighted by atomic mass is 10.0. The van der Waals surface area contributed by atoms with E-state index in [2.05, 4.69) is 29.2 Å². The van der Waals surface area contributed by atoms with Crippen LogP contribution in [-0.2, 0) is 9.53 Å². The van der Waals surface area contributed by atoms with Crippen molar-refractivity contribution in [1.29, 1.82) is 0 Å². The van der Waals surface area contributed by atoms with Gasteiger partial charge in [-0.2, -0.15) is 0 Å². The zero-order valence-corrected chi connectivity index (χ0v) is 12.7. The number of para-hydroxylation sites is 1. The molecule has 0 N–H and O–H groups in total. The second-order valence-electron chi connectivity index (χ2n) is 6.03. The number of nitrogens with zero attached hydrogens (tertiary/aromatic N) is 2. The third-order valence-electron chi connectivity index (χ3n) is 4.62. The van der Waals surface area contributed by atoms with Gasteiger partial charge in [0.15, 0.2) is 0 Å². The summed E-state index contributed by atoms with van der Waals surface area (Å²) < 4.78 is 5.53. The number of benzene rings is 1. The minimum absolute atomic E-state index is 0.160. The molecule has 1 aromatic carbocycles. The van der Waals surface area contributed by atoms with E-state index in [1.807, 2.05) is 18.0 Å². The average Bonchev–Trinajstić information content (AvgIpc) is 3.09. The summed E-state index contributed by atoms with van der Waals surface area (Å²) >= 11 is 0. The first-order chi connectivity index (χ1) is 10.3. The van der Waals surface area contributed by atoms with Crippen molar-refractivity contribution in [2.45, 2.75) is 37.8 Å². The predicted molar refractivity (Wildman–Crippen MR) is 83.4 cm³/mol. The molecule has 4 nitrogen and oxygen atoms in total. The van der Waals surface area contributed by atoms with E-state index in [0.717, 1.165) is 45.4 Å². The Morgan fingerprint density at radius 3 is 2.76 bits per heavy atom. The molecule has 0 aromatic heterocycles. The van der Waals surface area contributed by atoms with Crippen LogP contribution in [0.4, 0.5) is 5.69 Å². The zero-order valence-electron chi connectivity index (χ0n) is 12.7. The third kappa shape index (κ3) is 3.21. The normalized spacial score (nSPS) is 25.9. The van der Waals surface area contributed by atoms with Crippen LogP contribution in [0.5, 0.6) is 0 Å². The van der Waals surface area contributed by atoms with Crippen LogP contribution in [0, 0.1) is 0 Å². The molecular formula is C17H24N2O2. The second-order valence-corrected chi connectivity index (χ2v) is 6.03. The number of hydrogen-bond acceptors (Lipinski definition) is 3. The van der Waals surface area contributed by atoms with Crippen LogP contribution >= 0.6 is 0 Å². The Bertz CT molecular complexity index is 471. The van der Waals surface area contributed by atoms with Gasteiger partial charge >= 0.3 is 0 Å². The number of piperidine rings is 1. The first-order valence-corrected chi connectivity index (χ1v) is 7.94. The van der Waals surface area contributed by atoms with Gasteiger partial charge in [-0.25, -0.2) is 0 Å². The summed E-state index contributed by atoms with van der Waals surface area (Å²) in [7, 11) is 1.93. The van der Waals surface area contributed by atoms with Crippen LogP contribution in [-0.4, -0.2) is 49.7 Å². The van der Waals surface area contributed by atoms with Crippen LogP contribution in [0.1, 0.15) is 25.7 Å². The Balaban J connectivity index is 1.64. The van der Waals surface area contributed by atoms with Gasteiger partial charge in [-0.15, -0.1) is 0 Å². The van der Waals surface area contributed by atoms with E-state index in [0.29, 0.717) is 0 Å². The van der Waals surface area contributed by atoms with Crippen LogP contribution in [0.3, 0.4) is 0 Å². The SMILES string of the molecule is CN(C(=O)C1CCCO1)C1CCCN(c2ccccc2)C1. The number of likely N-dealkylation sites (N-methyl/N-ethyl adjacent to an activating group) is 1. The molecule has 2 saturated heterocycles. The lowest BCUT2D eigenvalue weighted by Crippen LogP contribution is -2.51. The molecule has 4 heteroatoms. The van der Waals surface area contributed by atoms with Crippen LogP contribution in [0.25, 0.3) is 0 Å². The van der Waals surface area contributed by atoms with Crippen molar-refractivity contribution in [3.63, 3.8) is 0 Å². The Morgan fingerprint density at radius 1 is 1.24 bits per heavy atom. The minimum atomic E-state index is -0.206. The quantitative estimate of drug-likeness (QED) is 0.855. The van der Waals surface area contributed by atoms with Crippen molar-refractivity contribution in [3.8, 4) is 0 Å². The molecule has 2 atom stereocenters. The van der Waals surface area contributed by atoms with Gasteiger partial charge in [0.2, 0.25) is 0 Å². The lowest BCUT2D eigenvalue weighted by molar-refractivity contribution is -0.141. The van der Waals surface area contributed by atoms with Gasteiger partial charge in [0.25, 0.3) is 5.91 Å². The molecule has 114 valence electrons. The van der Waals surface area contributed by atoms with E-state index < -0.39 is 0 Å². The topological polar surface area (TPSA) is 32.8 Å². The van der Waals surface area contributed by atoms with Crippen LogP contribution in [0.15, 0.2) is 30.3 Å². The van der Waals surface area contributed by atoms with E-state index in [1.165, 1.54) is 5.69 Å². The highest BCUT2D eigenvalue weighted by molar-refractivity contribution is 5.81. The molecule has 1 amide bonds. The fourth-order valence-corrected chi connectivity index (χ4v) is 3.32. The van der Waals surface area contributed by atoms with E-state index >= 15 is 0 Å². The first-order valence-electron chi connectivity index (χ1n) is 7.94. The molecule has 2 heterocycles. The van der Waals surface area contributed by atoms with Crippen LogP contribution < -0.4 is 4.90 Å². The number of carbonyl (C=O) groups excluding carboxylic acids is 1. The Labute approximate surface area is 126 Å². The van der Waals surface area contributed by atoms with E-state index in [1.54, 1.807) is 0 Å². The van der Waals surface area contributed by atoms with Crippen molar-refractivity contribution in [2.75, 3.05) is 31.6 Å². The lowest BCUT2D eigenvalue weighted by Gasteiger charge is -2.39. The molecule has 0 bridgehead atoms. The van der Waals surface area contributed by atoms with Gasteiger partial charge in [-0.1, -0.05) is 18.2 Å². The average molecular weight is 288 g/mol. The molecular weight excluding hydrogens is 264 g/mol. The third-order valence-corrected chi connectivity index (χ3v) is 4.62. The Morgan fingerprint density at radius 2 is 2.05 bits per heavy atom. The van der Waals surface area contributed by atoms with Crippen LogP contribution in [0.2, 0.25) is 0 Å². The Hall–Kier alpha value is -1.55. The highest BCUT2D eigenvalue weighted by Gasteiger charge is 2.32. The van der Waals surface area contributed by atoms with Gasteiger partial charge < -0.3 is 14.5 Å². The van der Waals surface area contributed by atoms with Gasteiger partial charge in [0.1, 0.15) is 6.10 Å². The monoisotopic (exact) mass is 288 g/mol. The van der Waals surface area contributed by atoms with Gasteiger partial charge in [0, 0.05) is 38.5 Å². The number of amides is 1. The second kappa shape index (κ2) is 6.48. The summed E-state index contributed by atoms with van der Waals surface area (Å²) in [5.74, 6) is 0.160. The molecule has 1 aromatic rings. The maximum atomic E-state index is 12.5. The largest absolute Gasteiger partial charge is 0.369 e. The molecule has 2 aliphatic rings. The highest BCUT2D eigenvalue weighted by atomic mass is 16.5. The fourth-order valence-electron chi connectivity index (χ4n) is 3.32. The maximum absolute atomic E-state index is 12.5. The molecule has 2 unspecified atom stereocenters. The number of carbonyl (C=O) groups is 1. The van der Waals surface area contributed by atoms with Crippen molar-refractivity contribution >= 4 is 11.6 Å². The number of rotatable bonds is 3. The van der Waals surface area contributed by atoms with Gasteiger partial charge in [-0.3, -0.25) is 4.79 Å². The molecule has 0 radical (unpaired) electrons. The maximum Gasteiger partial charge on any atom is 0.251 e. The number of anilines is 1. The molecule has 2 aliphatic heterocycles. The molecule has 3 rings (SSSR count). The zero-order chi connectivity index (χ0) is 14.7. The predicted octanol–water partition coefficient (Wildman–Crippen LogP) is 2.29. The van der Waals surface area contributed by atoms with Crippen molar-refractivity contribution in [3.05, 3.63) is 30.3 Å². The van der Waals surface area contributed by atoms with E-state index in [-0.39, 0.29) is 18.1 Å². The molecule has 0 aliphatic carbocycles. The molecule has 21 heavy (non-hydrogen) atoms. The summed E-state index contributed by atoms with van der Waals surface area (Å²) in [5.41, 5.74) is 1.25. The van der Waals surface area contributed by atoms with Crippen molar-refractivity contribution in [2.24, 2.45) is 0 Å². The first kappa shape index (κ1) is 14.4. The number of hydrogen-bond donors (Lipinski definition) is 0. The van der Waals surface area contributed by atoms with E-state index in [9.17, 15) is 4.79 Å². The summed E-state index contributed by atoms with van der Waals surface area (Å²) in [5, 5.41) is 0. The summed E-state index contributed by atoms with van der Waals surface area (Å²) in [6.45, 7) is 2.71. The molecule has 0 spiro atoms. The molecule has 0 saturated carbocycles. The van der Waals surface area contributed by atoms with Crippen molar-refractivity contribution in [1.82, 2.24) is 4.90 Å². The highest BCUT2D eigenvalue weighted by Crippen LogP contribution is 2.23. The standard InChI is InChI=1S/C17H24N2O2/c1-18(17(20)16-10-6-12-21-16)15-9-5-11-19(13-15)14-7-3-2-4-8-14/h2-4,7-8,15-16H,5-6,9-13H2,1H3. The fraction of sp³-hybridized carbons (Fsp3) is 0.588.